The minimum Gasteiger partial charge on any atom is -0.398 e. The van der Waals surface area contributed by atoms with Gasteiger partial charge in [0.1, 0.15) is 5.82 Å². The topological polar surface area (TPSA) is 69.6 Å². The number of benzene rings is 2. The summed E-state index contributed by atoms with van der Waals surface area (Å²) in [4.78, 5) is 0. The first kappa shape index (κ1) is 13.5. The number of anilines is 1. The van der Waals surface area contributed by atoms with Crippen molar-refractivity contribution >= 4 is 17.3 Å². The van der Waals surface area contributed by atoms with Gasteiger partial charge in [-0.25, -0.2) is 9.07 Å². The Morgan fingerprint density at radius 1 is 1.19 bits per heavy atom. The van der Waals surface area contributed by atoms with Crippen LogP contribution in [0.15, 0.2) is 42.5 Å². The third-order valence-corrected chi connectivity index (χ3v) is 3.24. The van der Waals surface area contributed by atoms with Gasteiger partial charge in [0.25, 0.3) is 0 Å². The summed E-state index contributed by atoms with van der Waals surface area (Å²) in [7, 11) is 0. The Hall–Kier alpha value is -2.47. The van der Waals surface area contributed by atoms with Gasteiger partial charge in [-0.1, -0.05) is 23.7 Å². The van der Waals surface area contributed by atoms with E-state index < -0.39 is 0 Å². The minimum absolute atomic E-state index is 0.298. The van der Waals surface area contributed by atoms with Crippen molar-refractivity contribution in [3.63, 3.8) is 0 Å². The van der Waals surface area contributed by atoms with Crippen molar-refractivity contribution in [2.24, 2.45) is 0 Å². The van der Waals surface area contributed by atoms with Crippen molar-refractivity contribution in [3.05, 3.63) is 58.9 Å². The van der Waals surface area contributed by atoms with Crippen molar-refractivity contribution in [2.45, 2.75) is 6.54 Å². The Bertz CT molecular complexity index is 787. The average Bonchev–Trinajstić information content (AvgIpc) is 2.87. The van der Waals surface area contributed by atoms with Crippen LogP contribution < -0.4 is 5.73 Å². The Morgan fingerprint density at radius 2 is 2.05 bits per heavy atom. The number of nitrogen functional groups attached to an aromatic ring is 1. The predicted molar refractivity (Wildman–Crippen MR) is 78.2 cm³/mol. The molecule has 1 heterocycles. The van der Waals surface area contributed by atoms with Crippen LogP contribution in [0.25, 0.3) is 11.4 Å². The van der Waals surface area contributed by atoms with E-state index in [1.54, 1.807) is 35.0 Å². The lowest BCUT2D eigenvalue weighted by Crippen LogP contribution is -2.05. The van der Waals surface area contributed by atoms with Crippen LogP contribution in [0.1, 0.15) is 5.56 Å². The van der Waals surface area contributed by atoms with E-state index in [1.165, 1.54) is 12.1 Å². The number of hydrogen-bond acceptors (Lipinski definition) is 4. The van der Waals surface area contributed by atoms with E-state index in [1.807, 2.05) is 0 Å². The van der Waals surface area contributed by atoms with E-state index in [0.29, 0.717) is 28.6 Å². The van der Waals surface area contributed by atoms with Gasteiger partial charge in [-0.05, 0) is 46.3 Å². The third kappa shape index (κ3) is 2.85. The Morgan fingerprint density at radius 3 is 2.81 bits per heavy atom. The first-order valence-electron chi connectivity index (χ1n) is 6.19. The molecule has 0 fully saturated rings. The zero-order valence-electron chi connectivity index (χ0n) is 10.9. The molecule has 3 aromatic rings. The Kier molecular flexibility index (Phi) is 3.53. The maximum atomic E-state index is 13.2. The van der Waals surface area contributed by atoms with Crippen molar-refractivity contribution < 1.29 is 4.39 Å². The van der Waals surface area contributed by atoms with Gasteiger partial charge in [0.15, 0.2) is 5.82 Å². The van der Waals surface area contributed by atoms with Crippen LogP contribution in [0.2, 0.25) is 5.02 Å². The van der Waals surface area contributed by atoms with E-state index in [4.69, 9.17) is 17.3 Å². The fraction of sp³-hybridized carbons (Fsp3) is 0.0714. The summed E-state index contributed by atoms with van der Waals surface area (Å²) < 4.78 is 14.8. The maximum Gasteiger partial charge on any atom is 0.184 e. The van der Waals surface area contributed by atoms with Crippen LogP contribution in [-0.4, -0.2) is 20.2 Å². The molecule has 106 valence electrons. The highest BCUT2D eigenvalue weighted by Gasteiger charge is 2.12. The summed E-state index contributed by atoms with van der Waals surface area (Å²) >= 11 is 5.89. The summed E-state index contributed by atoms with van der Waals surface area (Å²) in [6.07, 6.45) is 0. The van der Waals surface area contributed by atoms with Crippen LogP contribution in [0.5, 0.6) is 0 Å². The van der Waals surface area contributed by atoms with Gasteiger partial charge >= 0.3 is 0 Å². The minimum atomic E-state index is -0.298. The normalized spacial score (nSPS) is 10.8. The molecular formula is C14H11ClFN5. The second kappa shape index (κ2) is 5.49. The number of tetrazole rings is 1. The molecule has 7 heteroatoms. The van der Waals surface area contributed by atoms with Crippen LogP contribution in [0.3, 0.4) is 0 Å². The molecule has 2 N–H and O–H groups in total. The van der Waals surface area contributed by atoms with E-state index in [0.717, 1.165) is 5.56 Å². The maximum absolute atomic E-state index is 13.2. The number of rotatable bonds is 3. The third-order valence-electron chi connectivity index (χ3n) is 3.01. The molecule has 0 saturated carbocycles. The van der Waals surface area contributed by atoms with Crippen molar-refractivity contribution in [3.8, 4) is 11.4 Å². The average molecular weight is 304 g/mol. The highest BCUT2D eigenvalue weighted by atomic mass is 35.5. The molecule has 0 aliphatic rings. The highest BCUT2D eigenvalue weighted by Crippen LogP contribution is 2.26. The standard InChI is InChI=1S/C14H11ClFN5/c15-10-4-5-12(13(17)7-10)14-18-19-20-21(14)8-9-2-1-3-11(16)6-9/h1-7H,8,17H2. The summed E-state index contributed by atoms with van der Waals surface area (Å²) in [5.41, 5.74) is 7.87. The first-order valence-corrected chi connectivity index (χ1v) is 6.57. The van der Waals surface area contributed by atoms with Gasteiger partial charge < -0.3 is 5.73 Å². The lowest BCUT2D eigenvalue weighted by molar-refractivity contribution is 0.615. The summed E-state index contributed by atoms with van der Waals surface area (Å²) in [6.45, 7) is 0.349. The predicted octanol–water partition coefficient (Wildman–Crippen LogP) is 2.76. The molecule has 3 rings (SSSR count). The molecule has 0 atom stereocenters. The molecule has 5 nitrogen and oxygen atoms in total. The molecule has 0 aliphatic heterocycles. The fourth-order valence-corrected chi connectivity index (χ4v) is 2.23. The molecule has 0 radical (unpaired) electrons. The van der Waals surface area contributed by atoms with Gasteiger partial charge in [-0.15, -0.1) is 5.10 Å². The van der Waals surface area contributed by atoms with Crippen LogP contribution in [0, 0.1) is 5.82 Å². The van der Waals surface area contributed by atoms with E-state index in [-0.39, 0.29) is 5.82 Å². The van der Waals surface area contributed by atoms with Gasteiger partial charge in [-0.2, -0.15) is 0 Å². The lowest BCUT2D eigenvalue weighted by atomic mass is 10.1. The monoisotopic (exact) mass is 303 g/mol. The van der Waals surface area contributed by atoms with Gasteiger partial charge in [0.2, 0.25) is 0 Å². The van der Waals surface area contributed by atoms with Crippen molar-refractivity contribution in [2.75, 3.05) is 5.73 Å². The smallest absolute Gasteiger partial charge is 0.184 e. The van der Waals surface area contributed by atoms with E-state index >= 15 is 0 Å². The second-order valence-electron chi connectivity index (χ2n) is 4.52. The number of nitrogens with two attached hydrogens (primary N) is 1. The molecule has 0 unspecified atom stereocenters. The van der Waals surface area contributed by atoms with Crippen LogP contribution >= 0.6 is 11.6 Å². The lowest BCUT2D eigenvalue weighted by Gasteiger charge is -2.07. The summed E-state index contributed by atoms with van der Waals surface area (Å²) in [5.74, 6) is 0.210. The van der Waals surface area contributed by atoms with Gasteiger partial charge in [0, 0.05) is 16.3 Å². The SMILES string of the molecule is Nc1cc(Cl)ccc1-c1nnnn1Cc1cccc(F)c1. The quantitative estimate of drug-likeness (QED) is 0.755. The molecule has 0 aliphatic carbocycles. The van der Waals surface area contributed by atoms with Crippen LogP contribution in [-0.2, 0) is 6.54 Å². The van der Waals surface area contributed by atoms with Gasteiger partial charge in [0.05, 0.1) is 6.54 Å². The van der Waals surface area contributed by atoms with E-state index in [9.17, 15) is 4.39 Å². The second-order valence-corrected chi connectivity index (χ2v) is 4.96. The molecule has 0 saturated heterocycles. The van der Waals surface area contributed by atoms with Crippen molar-refractivity contribution in [1.29, 1.82) is 0 Å². The molecule has 21 heavy (non-hydrogen) atoms. The largest absolute Gasteiger partial charge is 0.398 e. The zero-order chi connectivity index (χ0) is 14.8. The van der Waals surface area contributed by atoms with E-state index in [2.05, 4.69) is 15.5 Å². The molecule has 2 aromatic carbocycles. The molecule has 0 amide bonds. The first-order chi connectivity index (χ1) is 10.1. The molecule has 1 aromatic heterocycles. The summed E-state index contributed by atoms with van der Waals surface area (Å²) in [5, 5.41) is 12.1. The van der Waals surface area contributed by atoms with Crippen LogP contribution in [0.4, 0.5) is 10.1 Å². The van der Waals surface area contributed by atoms with Gasteiger partial charge in [-0.3, -0.25) is 0 Å². The zero-order valence-corrected chi connectivity index (χ0v) is 11.6. The summed E-state index contributed by atoms with van der Waals surface area (Å²) in [6, 6.07) is 11.4. The number of hydrogen-bond donors (Lipinski definition) is 1. The highest BCUT2D eigenvalue weighted by molar-refractivity contribution is 6.31. The number of aromatic nitrogens is 4. The Balaban J connectivity index is 1.97. The Labute approximate surface area is 125 Å². The molecule has 0 bridgehead atoms. The fourth-order valence-electron chi connectivity index (χ4n) is 2.05. The number of halogens is 2. The number of nitrogens with zero attached hydrogens (tertiary/aromatic N) is 4. The molecule has 0 spiro atoms. The van der Waals surface area contributed by atoms with Crippen molar-refractivity contribution in [1.82, 2.24) is 20.2 Å². The molecular weight excluding hydrogens is 293 g/mol.